The predicted molar refractivity (Wildman–Crippen MR) is 59.0 cm³/mol. The highest BCUT2D eigenvalue weighted by Gasteiger charge is 2.08. The quantitative estimate of drug-likeness (QED) is 0.780. The molecule has 78 valence electrons. The summed E-state index contributed by atoms with van der Waals surface area (Å²) >= 11 is 1.71. The van der Waals surface area contributed by atoms with E-state index in [4.69, 9.17) is 11.5 Å². The van der Waals surface area contributed by atoms with Gasteiger partial charge in [-0.15, -0.1) is 11.3 Å². The zero-order valence-electron chi connectivity index (χ0n) is 8.32. The van der Waals surface area contributed by atoms with E-state index in [1.54, 1.807) is 11.3 Å². The van der Waals surface area contributed by atoms with E-state index in [0.29, 0.717) is 6.42 Å². The molecule has 14 heavy (non-hydrogen) atoms. The predicted octanol–water partition coefficient (Wildman–Crippen LogP) is 1.71. The minimum atomic E-state index is -0.250. The van der Waals surface area contributed by atoms with Gasteiger partial charge < -0.3 is 11.5 Å². The number of hydrogen-bond donors (Lipinski definition) is 2. The van der Waals surface area contributed by atoms with E-state index in [1.165, 1.54) is 9.75 Å². The topological polar surface area (TPSA) is 69.1 Å². The number of carbonyl (C=O) groups excluding carboxylic acids is 1. The van der Waals surface area contributed by atoms with Crippen molar-refractivity contribution < 1.29 is 4.79 Å². The Balaban J connectivity index is 2.35. The van der Waals surface area contributed by atoms with Gasteiger partial charge in [0.1, 0.15) is 0 Å². The van der Waals surface area contributed by atoms with Crippen LogP contribution in [0.3, 0.4) is 0 Å². The zero-order valence-corrected chi connectivity index (χ0v) is 9.14. The molecule has 1 aromatic heterocycles. The summed E-state index contributed by atoms with van der Waals surface area (Å²) in [5.74, 6) is -0.250. The van der Waals surface area contributed by atoms with Gasteiger partial charge in [-0.3, -0.25) is 4.79 Å². The molecular weight excluding hydrogens is 196 g/mol. The second-order valence-corrected chi connectivity index (χ2v) is 4.73. The van der Waals surface area contributed by atoms with Crippen LogP contribution in [-0.4, -0.2) is 5.91 Å². The van der Waals surface area contributed by atoms with Crippen LogP contribution in [0.15, 0.2) is 12.1 Å². The molecule has 4 N–H and O–H groups in total. The zero-order chi connectivity index (χ0) is 10.6. The van der Waals surface area contributed by atoms with Crippen molar-refractivity contribution in [1.82, 2.24) is 0 Å². The fraction of sp³-hybridized carbons (Fsp3) is 0.500. The highest BCUT2D eigenvalue weighted by molar-refractivity contribution is 7.12. The summed E-state index contributed by atoms with van der Waals surface area (Å²) in [7, 11) is 0. The molecule has 0 aliphatic heterocycles. The highest BCUT2D eigenvalue weighted by atomic mass is 32.1. The van der Waals surface area contributed by atoms with E-state index in [9.17, 15) is 4.79 Å². The average molecular weight is 212 g/mol. The van der Waals surface area contributed by atoms with Crippen molar-refractivity contribution in [1.29, 1.82) is 0 Å². The molecule has 1 unspecified atom stereocenters. The second kappa shape index (κ2) is 5.12. The van der Waals surface area contributed by atoms with E-state index in [1.807, 2.05) is 0 Å². The summed E-state index contributed by atoms with van der Waals surface area (Å²) in [5.41, 5.74) is 11.0. The van der Waals surface area contributed by atoms with Crippen molar-refractivity contribution in [3.05, 3.63) is 21.9 Å². The minimum absolute atomic E-state index is 0.0491. The first-order chi connectivity index (χ1) is 6.59. The van der Waals surface area contributed by atoms with Crippen molar-refractivity contribution >= 4 is 17.2 Å². The van der Waals surface area contributed by atoms with Gasteiger partial charge in [0.25, 0.3) is 0 Å². The van der Waals surface area contributed by atoms with Crippen molar-refractivity contribution in [3.63, 3.8) is 0 Å². The maximum absolute atomic E-state index is 10.5. The normalized spacial score (nSPS) is 12.7. The maximum atomic E-state index is 10.5. The van der Waals surface area contributed by atoms with Crippen molar-refractivity contribution in [2.75, 3.05) is 0 Å². The number of nitrogens with two attached hydrogens (primary N) is 2. The smallest absolute Gasteiger partial charge is 0.217 e. The fourth-order valence-corrected chi connectivity index (χ4v) is 2.20. The van der Waals surface area contributed by atoms with Gasteiger partial charge in [-0.05, 0) is 31.9 Å². The van der Waals surface area contributed by atoms with E-state index in [2.05, 4.69) is 19.1 Å². The molecule has 1 atom stereocenters. The Hall–Kier alpha value is -0.870. The van der Waals surface area contributed by atoms with Crippen molar-refractivity contribution in [2.45, 2.75) is 32.2 Å². The largest absolute Gasteiger partial charge is 0.370 e. The lowest BCUT2D eigenvalue weighted by Crippen LogP contribution is -2.13. The van der Waals surface area contributed by atoms with Gasteiger partial charge in [-0.2, -0.15) is 0 Å². The lowest BCUT2D eigenvalue weighted by atomic mass is 10.1. The summed E-state index contributed by atoms with van der Waals surface area (Å²) in [4.78, 5) is 13.0. The third-order valence-electron chi connectivity index (χ3n) is 2.06. The SMILES string of the molecule is Cc1ccc(C(N)CCCC(N)=O)s1. The molecule has 0 saturated carbocycles. The first kappa shape index (κ1) is 11.2. The van der Waals surface area contributed by atoms with Crippen LogP contribution in [0.2, 0.25) is 0 Å². The number of aryl methyl sites for hydroxylation is 1. The van der Waals surface area contributed by atoms with Crippen LogP contribution in [0.1, 0.15) is 35.1 Å². The average Bonchev–Trinajstić information content (AvgIpc) is 2.51. The first-order valence-electron chi connectivity index (χ1n) is 4.70. The molecule has 4 heteroatoms. The Bertz CT molecular complexity index is 309. The van der Waals surface area contributed by atoms with Gasteiger partial charge in [0.2, 0.25) is 5.91 Å². The Morgan fingerprint density at radius 2 is 2.29 bits per heavy atom. The van der Waals surface area contributed by atoms with Gasteiger partial charge in [0.05, 0.1) is 0 Å². The molecule has 0 saturated heterocycles. The standard InChI is InChI=1S/C10H16N2OS/c1-7-5-6-9(14-7)8(11)3-2-4-10(12)13/h5-6,8H,2-4,11H2,1H3,(H2,12,13). The molecule has 0 aliphatic carbocycles. The number of amides is 1. The highest BCUT2D eigenvalue weighted by Crippen LogP contribution is 2.24. The van der Waals surface area contributed by atoms with Gasteiger partial charge in [0.15, 0.2) is 0 Å². The molecule has 1 heterocycles. The fourth-order valence-electron chi connectivity index (χ4n) is 1.29. The lowest BCUT2D eigenvalue weighted by molar-refractivity contribution is -0.118. The van der Waals surface area contributed by atoms with E-state index < -0.39 is 0 Å². The molecule has 0 aliphatic rings. The maximum Gasteiger partial charge on any atom is 0.217 e. The summed E-state index contributed by atoms with van der Waals surface area (Å²) in [6, 6.07) is 4.16. The number of thiophene rings is 1. The first-order valence-corrected chi connectivity index (χ1v) is 5.51. The van der Waals surface area contributed by atoms with E-state index in [0.717, 1.165) is 12.8 Å². The Kier molecular flexibility index (Phi) is 4.10. The summed E-state index contributed by atoms with van der Waals surface area (Å²) < 4.78 is 0. The monoisotopic (exact) mass is 212 g/mol. The summed E-state index contributed by atoms with van der Waals surface area (Å²) in [5, 5.41) is 0. The second-order valence-electron chi connectivity index (χ2n) is 3.41. The van der Waals surface area contributed by atoms with Crippen molar-refractivity contribution in [2.24, 2.45) is 11.5 Å². The molecule has 0 fully saturated rings. The molecule has 1 aromatic rings. The summed E-state index contributed by atoms with van der Waals surface area (Å²) in [6.07, 6.45) is 2.02. The molecule has 1 rings (SSSR count). The van der Waals surface area contributed by atoms with E-state index in [-0.39, 0.29) is 11.9 Å². The lowest BCUT2D eigenvalue weighted by Gasteiger charge is -2.07. The van der Waals surface area contributed by atoms with Crippen molar-refractivity contribution in [3.8, 4) is 0 Å². The van der Waals surface area contributed by atoms with Gasteiger partial charge in [-0.25, -0.2) is 0 Å². The third kappa shape index (κ3) is 3.47. The van der Waals surface area contributed by atoms with Crippen LogP contribution in [0.4, 0.5) is 0 Å². The van der Waals surface area contributed by atoms with Crippen LogP contribution < -0.4 is 11.5 Å². The Morgan fingerprint density at radius 1 is 1.57 bits per heavy atom. The van der Waals surface area contributed by atoms with Crippen LogP contribution in [0, 0.1) is 6.92 Å². The van der Waals surface area contributed by atoms with Crippen LogP contribution in [0.5, 0.6) is 0 Å². The van der Waals surface area contributed by atoms with Gasteiger partial charge >= 0.3 is 0 Å². The Labute approximate surface area is 88.1 Å². The van der Waals surface area contributed by atoms with Gasteiger partial charge in [0, 0.05) is 22.2 Å². The Morgan fingerprint density at radius 3 is 2.79 bits per heavy atom. The minimum Gasteiger partial charge on any atom is -0.370 e. The molecule has 0 spiro atoms. The van der Waals surface area contributed by atoms with Crippen LogP contribution in [-0.2, 0) is 4.79 Å². The molecule has 3 nitrogen and oxygen atoms in total. The molecule has 0 bridgehead atoms. The number of primary amides is 1. The van der Waals surface area contributed by atoms with E-state index >= 15 is 0 Å². The molecule has 0 aromatic carbocycles. The number of rotatable bonds is 5. The summed E-state index contributed by atoms with van der Waals surface area (Å²) in [6.45, 7) is 2.06. The van der Waals surface area contributed by atoms with Crippen LogP contribution in [0.25, 0.3) is 0 Å². The molecule has 1 amide bonds. The number of carbonyl (C=O) groups is 1. The molecule has 0 radical (unpaired) electrons. The van der Waals surface area contributed by atoms with Crippen LogP contribution >= 0.6 is 11.3 Å². The third-order valence-corrected chi connectivity index (χ3v) is 3.20. The molecular formula is C10H16N2OS. The number of hydrogen-bond acceptors (Lipinski definition) is 3. The van der Waals surface area contributed by atoms with Gasteiger partial charge in [-0.1, -0.05) is 0 Å².